The molecule has 2 nitrogen and oxygen atoms in total. The molecule has 1 rings (SSSR count). The molecule has 0 radical (unpaired) electrons. The topological polar surface area (TPSA) is 26.3 Å². The monoisotopic (exact) mass is 214 g/mol. The van der Waals surface area contributed by atoms with Crippen molar-refractivity contribution in [1.82, 2.24) is 0 Å². The lowest BCUT2D eigenvalue weighted by molar-refractivity contribution is -0.108. The van der Waals surface area contributed by atoms with E-state index < -0.39 is 6.61 Å². The molecule has 1 aromatic rings. The number of para-hydroxylation sites is 1. The molecule has 0 amide bonds. The van der Waals surface area contributed by atoms with E-state index in [2.05, 4.69) is 4.74 Å². The summed E-state index contributed by atoms with van der Waals surface area (Å²) in [6.45, 7) is -1.04. The van der Waals surface area contributed by atoms with Crippen molar-refractivity contribution in [2.45, 2.75) is 25.9 Å². The second kappa shape index (κ2) is 5.44. The van der Waals surface area contributed by atoms with E-state index in [1.807, 2.05) is 0 Å². The van der Waals surface area contributed by atoms with Crippen LogP contribution in [-0.2, 0) is 4.79 Å². The zero-order chi connectivity index (χ0) is 11.3. The van der Waals surface area contributed by atoms with Gasteiger partial charge in [-0.25, -0.2) is 0 Å². The highest BCUT2D eigenvalue weighted by Crippen LogP contribution is 2.28. The van der Waals surface area contributed by atoms with E-state index in [-0.39, 0.29) is 11.7 Å². The van der Waals surface area contributed by atoms with Crippen molar-refractivity contribution in [2.75, 3.05) is 0 Å². The Morgan fingerprint density at radius 1 is 1.40 bits per heavy atom. The molecule has 0 heterocycles. The molecule has 0 saturated heterocycles. The summed E-state index contributed by atoms with van der Waals surface area (Å²) in [5, 5.41) is 0. The summed E-state index contributed by atoms with van der Waals surface area (Å²) < 4.78 is 28.5. The first kappa shape index (κ1) is 11.6. The Morgan fingerprint density at radius 3 is 2.67 bits per heavy atom. The van der Waals surface area contributed by atoms with E-state index in [0.717, 1.165) is 6.29 Å². The smallest absolute Gasteiger partial charge is 0.387 e. The standard InChI is InChI=1S/C11H12F2O2/c1-8(6-7-14)9-4-2-3-5-10(9)15-11(12)13/h2-5,7-8,11H,6H2,1H3. The molecule has 1 aromatic carbocycles. The Bertz CT molecular complexity index is 326. The first-order valence-electron chi connectivity index (χ1n) is 4.62. The quantitative estimate of drug-likeness (QED) is 0.704. The van der Waals surface area contributed by atoms with Gasteiger partial charge in [0.2, 0.25) is 0 Å². The minimum Gasteiger partial charge on any atom is -0.435 e. The number of carbonyl (C=O) groups is 1. The third-order valence-corrected chi connectivity index (χ3v) is 2.12. The summed E-state index contributed by atoms with van der Waals surface area (Å²) in [5.41, 5.74) is 0.630. The Balaban J connectivity index is 2.89. The highest BCUT2D eigenvalue weighted by Gasteiger charge is 2.13. The van der Waals surface area contributed by atoms with Crippen LogP contribution in [0.3, 0.4) is 0 Å². The number of hydrogen-bond acceptors (Lipinski definition) is 2. The van der Waals surface area contributed by atoms with E-state index in [1.54, 1.807) is 25.1 Å². The van der Waals surface area contributed by atoms with Gasteiger partial charge in [0.05, 0.1) is 0 Å². The van der Waals surface area contributed by atoms with Crippen LogP contribution < -0.4 is 4.74 Å². The molecule has 0 aliphatic carbocycles. The maximum atomic E-state index is 12.1. The molecule has 0 saturated carbocycles. The third kappa shape index (κ3) is 3.31. The lowest BCUT2D eigenvalue weighted by Crippen LogP contribution is -2.06. The maximum Gasteiger partial charge on any atom is 0.387 e. The summed E-state index contributed by atoms with van der Waals surface area (Å²) >= 11 is 0. The number of aldehydes is 1. The third-order valence-electron chi connectivity index (χ3n) is 2.12. The number of carbonyl (C=O) groups excluding carboxylic acids is 1. The van der Waals surface area contributed by atoms with E-state index in [4.69, 9.17) is 0 Å². The molecule has 0 aliphatic heterocycles. The minimum atomic E-state index is -2.84. The van der Waals surface area contributed by atoms with E-state index in [0.29, 0.717) is 12.0 Å². The number of benzene rings is 1. The van der Waals surface area contributed by atoms with Gasteiger partial charge < -0.3 is 9.53 Å². The van der Waals surface area contributed by atoms with Crippen molar-refractivity contribution in [3.05, 3.63) is 29.8 Å². The van der Waals surface area contributed by atoms with E-state index in [1.165, 1.54) is 6.07 Å². The summed E-state index contributed by atoms with van der Waals surface area (Å²) in [6.07, 6.45) is 1.06. The average Bonchev–Trinajstić information content (AvgIpc) is 2.18. The molecule has 0 fully saturated rings. The molecule has 1 unspecified atom stereocenters. The molecule has 1 atom stereocenters. The van der Waals surface area contributed by atoms with Crippen LogP contribution in [0.25, 0.3) is 0 Å². The summed E-state index contributed by atoms with van der Waals surface area (Å²) in [4.78, 5) is 10.3. The molecule has 0 spiro atoms. The van der Waals surface area contributed by atoms with Crippen molar-refractivity contribution in [3.63, 3.8) is 0 Å². The highest BCUT2D eigenvalue weighted by atomic mass is 19.3. The maximum absolute atomic E-state index is 12.1. The number of hydrogen-bond donors (Lipinski definition) is 0. The van der Waals surface area contributed by atoms with Crippen molar-refractivity contribution < 1.29 is 18.3 Å². The van der Waals surface area contributed by atoms with Crippen LogP contribution in [0.5, 0.6) is 5.75 Å². The summed E-state index contributed by atoms with van der Waals surface area (Å²) in [7, 11) is 0. The van der Waals surface area contributed by atoms with Gasteiger partial charge in [0.15, 0.2) is 0 Å². The fourth-order valence-electron chi connectivity index (χ4n) is 1.36. The zero-order valence-corrected chi connectivity index (χ0v) is 8.32. The molecule has 0 N–H and O–H groups in total. The second-order valence-electron chi connectivity index (χ2n) is 3.22. The molecule has 82 valence electrons. The van der Waals surface area contributed by atoms with Crippen molar-refractivity contribution in [1.29, 1.82) is 0 Å². The van der Waals surface area contributed by atoms with Gasteiger partial charge in [-0.3, -0.25) is 0 Å². The Kier molecular flexibility index (Phi) is 4.21. The van der Waals surface area contributed by atoms with Gasteiger partial charge in [-0.15, -0.1) is 0 Å². The normalized spacial score (nSPS) is 12.5. The first-order valence-corrected chi connectivity index (χ1v) is 4.62. The van der Waals surface area contributed by atoms with Crippen molar-refractivity contribution >= 4 is 6.29 Å². The van der Waals surface area contributed by atoms with Gasteiger partial charge in [0.1, 0.15) is 12.0 Å². The molecular formula is C11H12F2O2. The number of halogens is 2. The van der Waals surface area contributed by atoms with Crippen LogP contribution in [0.4, 0.5) is 8.78 Å². The van der Waals surface area contributed by atoms with Gasteiger partial charge in [-0.05, 0) is 17.5 Å². The van der Waals surface area contributed by atoms with Crippen LogP contribution >= 0.6 is 0 Å². The molecule has 0 aromatic heterocycles. The second-order valence-corrected chi connectivity index (χ2v) is 3.22. The zero-order valence-electron chi connectivity index (χ0n) is 8.32. The van der Waals surface area contributed by atoms with E-state index >= 15 is 0 Å². The molecule has 4 heteroatoms. The minimum absolute atomic E-state index is 0.113. The summed E-state index contributed by atoms with van der Waals surface area (Å²) in [6, 6.07) is 6.51. The predicted octanol–water partition coefficient (Wildman–Crippen LogP) is 2.98. The van der Waals surface area contributed by atoms with Gasteiger partial charge in [0.25, 0.3) is 0 Å². The lowest BCUT2D eigenvalue weighted by atomic mass is 9.98. The average molecular weight is 214 g/mol. The van der Waals surface area contributed by atoms with Gasteiger partial charge in [-0.1, -0.05) is 25.1 Å². The molecule has 15 heavy (non-hydrogen) atoms. The molecule has 0 bridgehead atoms. The van der Waals surface area contributed by atoms with Gasteiger partial charge in [0, 0.05) is 6.42 Å². The fourth-order valence-corrected chi connectivity index (χ4v) is 1.36. The largest absolute Gasteiger partial charge is 0.435 e. The SMILES string of the molecule is CC(CC=O)c1ccccc1OC(F)F. The lowest BCUT2D eigenvalue weighted by Gasteiger charge is -2.14. The molecule has 0 aliphatic rings. The van der Waals surface area contributed by atoms with E-state index in [9.17, 15) is 13.6 Å². The fraction of sp³-hybridized carbons (Fsp3) is 0.364. The molecular weight excluding hydrogens is 202 g/mol. The van der Waals surface area contributed by atoms with Crippen molar-refractivity contribution in [3.8, 4) is 5.75 Å². The van der Waals surface area contributed by atoms with Crippen LogP contribution in [0, 0.1) is 0 Å². The van der Waals surface area contributed by atoms with Crippen molar-refractivity contribution in [2.24, 2.45) is 0 Å². The van der Waals surface area contributed by atoms with Crippen LogP contribution in [0.2, 0.25) is 0 Å². The Labute approximate surface area is 86.9 Å². The van der Waals surface area contributed by atoms with Crippen LogP contribution in [0.1, 0.15) is 24.8 Å². The Morgan fingerprint density at radius 2 is 2.07 bits per heavy atom. The number of alkyl halides is 2. The van der Waals surface area contributed by atoms with Crippen LogP contribution in [0.15, 0.2) is 24.3 Å². The summed E-state index contributed by atoms with van der Waals surface area (Å²) in [5.74, 6) is 0.0271. The Hall–Kier alpha value is -1.45. The number of rotatable bonds is 5. The van der Waals surface area contributed by atoms with Crippen LogP contribution in [-0.4, -0.2) is 12.9 Å². The van der Waals surface area contributed by atoms with Gasteiger partial charge >= 0.3 is 6.61 Å². The highest BCUT2D eigenvalue weighted by molar-refractivity contribution is 5.52. The number of ether oxygens (including phenoxy) is 1. The first-order chi connectivity index (χ1) is 7.15. The van der Waals surface area contributed by atoms with Gasteiger partial charge in [-0.2, -0.15) is 8.78 Å². The predicted molar refractivity (Wildman–Crippen MR) is 52.2 cm³/mol.